The van der Waals surface area contributed by atoms with Crippen molar-refractivity contribution in [3.05, 3.63) is 45.9 Å². The number of hydrogen-bond donors (Lipinski definition) is 1. The summed E-state index contributed by atoms with van der Waals surface area (Å²) in [6, 6.07) is 3.20. The topological polar surface area (TPSA) is 116 Å². The molecule has 0 aliphatic carbocycles. The largest absolute Gasteiger partial charge is 0.379 e. The van der Waals surface area contributed by atoms with Gasteiger partial charge in [0.1, 0.15) is 11.6 Å². The number of nitrogens with zero attached hydrogens (tertiary/aromatic N) is 4. The van der Waals surface area contributed by atoms with Crippen LogP contribution in [0, 0.1) is 5.82 Å². The molecule has 1 N–H and O–H groups in total. The van der Waals surface area contributed by atoms with Crippen LogP contribution in [-0.4, -0.2) is 65.8 Å². The third-order valence-corrected chi connectivity index (χ3v) is 7.55. The number of hydrogen-bond acceptors (Lipinski definition) is 6. The first-order valence-electron chi connectivity index (χ1n) is 10.7. The molecule has 0 bridgehead atoms. The number of nitrogens with one attached hydrogen (secondary N) is 1. The smallest absolute Gasteiger partial charge is 0.345 e. The van der Waals surface area contributed by atoms with Crippen LogP contribution in [0.1, 0.15) is 35.4 Å². The Morgan fingerprint density at radius 3 is 2.72 bits per heavy atom. The number of aromatic nitrogens is 3. The van der Waals surface area contributed by atoms with Gasteiger partial charge in [0.05, 0.1) is 23.7 Å². The van der Waals surface area contributed by atoms with Gasteiger partial charge in [-0.05, 0) is 37.5 Å². The summed E-state index contributed by atoms with van der Waals surface area (Å²) in [4.78, 5) is 24.7. The van der Waals surface area contributed by atoms with Crippen LogP contribution in [-0.2, 0) is 34.3 Å². The van der Waals surface area contributed by atoms with Gasteiger partial charge in [-0.25, -0.2) is 22.3 Å². The number of aryl methyl sites for hydroxylation is 2. The van der Waals surface area contributed by atoms with Gasteiger partial charge >= 0.3 is 5.69 Å². The highest BCUT2D eigenvalue weighted by Gasteiger charge is 2.28. The van der Waals surface area contributed by atoms with Gasteiger partial charge < -0.3 is 10.1 Å². The number of rotatable bonds is 7. The van der Waals surface area contributed by atoms with Gasteiger partial charge in [0, 0.05) is 39.1 Å². The third kappa shape index (κ3) is 4.62. The summed E-state index contributed by atoms with van der Waals surface area (Å²) in [6.45, 7) is 2.18. The van der Waals surface area contributed by atoms with Crippen LogP contribution in [0.15, 0.2) is 27.9 Å². The van der Waals surface area contributed by atoms with Crippen molar-refractivity contribution >= 4 is 15.9 Å². The number of amides is 1. The van der Waals surface area contributed by atoms with Crippen molar-refractivity contribution < 1.29 is 22.3 Å². The molecule has 1 fully saturated rings. The standard InChI is InChI=1S/C20H26FN5O5S/c21-17-6-5-15(32(29,30)24-10-12-31-13-11-24)14-16(17)19(27)22-7-3-9-26-20(28)25-8-2-1-4-18(25)23-26/h5-6,14H,1-4,7-13H2,(H,22,27). The highest BCUT2D eigenvalue weighted by atomic mass is 32.2. The maximum Gasteiger partial charge on any atom is 0.345 e. The van der Waals surface area contributed by atoms with E-state index < -0.39 is 21.7 Å². The fourth-order valence-corrected chi connectivity index (χ4v) is 5.33. The van der Waals surface area contributed by atoms with E-state index in [2.05, 4.69) is 10.4 Å². The highest BCUT2D eigenvalue weighted by Crippen LogP contribution is 2.20. The molecule has 2 aliphatic rings. The predicted molar refractivity (Wildman–Crippen MR) is 112 cm³/mol. The van der Waals surface area contributed by atoms with Crippen molar-refractivity contribution in [2.45, 2.75) is 43.7 Å². The molecule has 174 valence electrons. The second-order valence-corrected chi connectivity index (χ2v) is 9.74. The van der Waals surface area contributed by atoms with Crippen LogP contribution in [0.2, 0.25) is 0 Å². The Morgan fingerprint density at radius 1 is 1.19 bits per heavy atom. The average Bonchev–Trinajstić information content (AvgIpc) is 3.13. The molecule has 1 aromatic carbocycles. The zero-order chi connectivity index (χ0) is 22.7. The monoisotopic (exact) mass is 467 g/mol. The second-order valence-electron chi connectivity index (χ2n) is 7.80. The first-order chi connectivity index (χ1) is 15.4. The fraction of sp³-hybridized carbons (Fsp3) is 0.550. The van der Waals surface area contributed by atoms with E-state index in [1.165, 1.54) is 8.99 Å². The quantitative estimate of drug-likeness (QED) is 0.588. The zero-order valence-electron chi connectivity index (χ0n) is 17.6. The molecule has 0 atom stereocenters. The number of morpholine rings is 1. The Hall–Kier alpha value is -2.57. The molecule has 10 nitrogen and oxygen atoms in total. The molecule has 1 amide bonds. The van der Waals surface area contributed by atoms with Gasteiger partial charge in [-0.15, -0.1) is 0 Å². The molecule has 2 aliphatic heterocycles. The Kier molecular flexibility index (Phi) is 6.72. The molecule has 12 heteroatoms. The molecule has 3 heterocycles. The molecular weight excluding hydrogens is 441 g/mol. The van der Waals surface area contributed by atoms with E-state index in [0.29, 0.717) is 19.5 Å². The van der Waals surface area contributed by atoms with E-state index in [9.17, 15) is 22.4 Å². The Morgan fingerprint density at radius 2 is 1.97 bits per heavy atom. The van der Waals surface area contributed by atoms with E-state index in [-0.39, 0.29) is 49.0 Å². The van der Waals surface area contributed by atoms with Gasteiger partial charge in [-0.2, -0.15) is 9.40 Å². The van der Waals surface area contributed by atoms with Crippen molar-refractivity contribution in [3.8, 4) is 0 Å². The Bertz CT molecular complexity index is 1150. The second kappa shape index (κ2) is 9.51. The number of ether oxygens (including phenoxy) is 1. The zero-order valence-corrected chi connectivity index (χ0v) is 18.4. The number of sulfonamides is 1. The summed E-state index contributed by atoms with van der Waals surface area (Å²) in [6.07, 6.45) is 3.18. The number of carbonyl (C=O) groups excluding carboxylic acids is 1. The van der Waals surface area contributed by atoms with Crippen molar-refractivity contribution in [1.29, 1.82) is 0 Å². The molecule has 1 aromatic heterocycles. The molecule has 0 unspecified atom stereocenters. The molecule has 32 heavy (non-hydrogen) atoms. The van der Waals surface area contributed by atoms with Crippen LogP contribution in [0.3, 0.4) is 0 Å². The van der Waals surface area contributed by atoms with Gasteiger partial charge in [0.15, 0.2) is 0 Å². The molecule has 2 aromatic rings. The summed E-state index contributed by atoms with van der Waals surface area (Å²) >= 11 is 0. The van der Waals surface area contributed by atoms with Crippen LogP contribution in [0.5, 0.6) is 0 Å². The number of benzene rings is 1. The molecule has 1 saturated heterocycles. The van der Waals surface area contributed by atoms with Gasteiger partial charge in [0.25, 0.3) is 5.91 Å². The fourth-order valence-electron chi connectivity index (χ4n) is 3.90. The molecule has 0 radical (unpaired) electrons. The average molecular weight is 468 g/mol. The minimum atomic E-state index is -3.84. The van der Waals surface area contributed by atoms with Gasteiger partial charge in [-0.1, -0.05) is 0 Å². The first kappa shape index (κ1) is 22.6. The Balaban J connectivity index is 1.38. The number of halogens is 1. The van der Waals surface area contributed by atoms with Crippen molar-refractivity contribution in [2.24, 2.45) is 0 Å². The molecule has 0 spiro atoms. The normalized spacial score (nSPS) is 17.2. The van der Waals surface area contributed by atoms with E-state index in [4.69, 9.17) is 4.74 Å². The minimum absolute atomic E-state index is 0.138. The van der Waals surface area contributed by atoms with Crippen molar-refractivity contribution in [3.63, 3.8) is 0 Å². The van der Waals surface area contributed by atoms with E-state index in [1.54, 1.807) is 4.57 Å². The van der Waals surface area contributed by atoms with Crippen LogP contribution >= 0.6 is 0 Å². The van der Waals surface area contributed by atoms with Crippen molar-refractivity contribution in [1.82, 2.24) is 24.0 Å². The summed E-state index contributed by atoms with van der Waals surface area (Å²) in [5, 5.41) is 6.93. The lowest BCUT2D eigenvalue weighted by Crippen LogP contribution is -2.40. The summed E-state index contributed by atoms with van der Waals surface area (Å²) in [5.74, 6) is -0.731. The van der Waals surface area contributed by atoms with Gasteiger partial charge in [0.2, 0.25) is 10.0 Å². The minimum Gasteiger partial charge on any atom is -0.379 e. The van der Waals surface area contributed by atoms with E-state index >= 15 is 0 Å². The SMILES string of the molecule is O=C(NCCCn1nc2n(c1=O)CCCC2)c1cc(S(=O)(=O)N2CCOCC2)ccc1F. The Labute approximate surface area is 185 Å². The number of fused-ring (bicyclic) bond motifs is 1. The first-order valence-corrected chi connectivity index (χ1v) is 12.1. The summed E-state index contributed by atoms with van der Waals surface area (Å²) in [7, 11) is -3.84. The lowest BCUT2D eigenvalue weighted by Gasteiger charge is -2.26. The molecule has 0 saturated carbocycles. The molecule has 4 rings (SSSR count). The highest BCUT2D eigenvalue weighted by molar-refractivity contribution is 7.89. The maximum atomic E-state index is 14.3. The van der Waals surface area contributed by atoms with Crippen LogP contribution < -0.4 is 11.0 Å². The lowest BCUT2D eigenvalue weighted by molar-refractivity contribution is 0.0730. The van der Waals surface area contributed by atoms with Crippen LogP contribution in [0.4, 0.5) is 4.39 Å². The molecular formula is C20H26FN5O5S. The third-order valence-electron chi connectivity index (χ3n) is 5.65. The van der Waals surface area contributed by atoms with Gasteiger partial charge in [-0.3, -0.25) is 9.36 Å². The predicted octanol–water partition coefficient (Wildman–Crippen LogP) is 0.361. The number of carbonyl (C=O) groups is 1. The summed E-state index contributed by atoms with van der Waals surface area (Å²) < 4.78 is 49.3. The van der Waals surface area contributed by atoms with Crippen molar-refractivity contribution in [2.75, 3.05) is 32.8 Å². The summed E-state index contributed by atoms with van der Waals surface area (Å²) in [5.41, 5.74) is -0.493. The van der Waals surface area contributed by atoms with E-state index in [1.807, 2.05) is 0 Å². The maximum absolute atomic E-state index is 14.3. The lowest BCUT2D eigenvalue weighted by atomic mass is 10.2. The van der Waals surface area contributed by atoms with Crippen LogP contribution in [0.25, 0.3) is 0 Å². The van der Waals surface area contributed by atoms with E-state index in [0.717, 1.165) is 43.3 Å².